The number of hydrogen-bond donors (Lipinski definition) is 1. The third-order valence-electron chi connectivity index (χ3n) is 4.39. The summed E-state index contributed by atoms with van der Waals surface area (Å²) in [5.41, 5.74) is 6.19. The third-order valence-corrected chi connectivity index (χ3v) is 4.39. The van der Waals surface area contributed by atoms with Crippen molar-refractivity contribution in [3.63, 3.8) is 0 Å². The van der Waals surface area contributed by atoms with E-state index in [1.54, 1.807) is 18.3 Å². The van der Waals surface area contributed by atoms with E-state index in [1.165, 1.54) is 32.4 Å². The van der Waals surface area contributed by atoms with Gasteiger partial charge in [0.15, 0.2) is 0 Å². The number of aromatic nitrogens is 1. The Morgan fingerprint density at radius 2 is 2.00 bits per heavy atom. The molecular weight excluding hydrogens is 252 g/mol. The maximum atomic E-state index is 12.4. The van der Waals surface area contributed by atoms with Gasteiger partial charge < -0.3 is 10.6 Å². The molecule has 0 radical (unpaired) electrons. The zero-order valence-electron chi connectivity index (χ0n) is 11.8. The molecule has 0 unspecified atom stereocenters. The van der Waals surface area contributed by atoms with Gasteiger partial charge in [-0.25, -0.2) is 4.98 Å². The van der Waals surface area contributed by atoms with E-state index in [9.17, 15) is 4.79 Å². The SMILES string of the molecule is Nc1ccc(C(=O)N2CC[C@@H](N3CCCCC3)C2)cn1. The minimum Gasteiger partial charge on any atom is -0.384 e. The second-order valence-corrected chi connectivity index (χ2v) is 5.76. The maximum Gasteiger partial charge on any atom is 0.255 e. The second-order valence-electron chi connectivity index (χ2n) is 5.76. The Balaban J connectivity index is 1.61. The lowest BCUT2D eigenvalue weighted by Gasteiger charge is -2.32. The number of rotatable bonds is 2. The Kier molecular flexibility index (Phi) is 3.87. The Bertz CT molecular complexity index is 467. The lowest BCUT2D eigenvalue weighted by Crippen LogP contribution is -2.41. The van der Waals surface area contributed by atoms with E-state index in [0.717, 1.165) is 19.5 Å². The number of pyridine rings is 1. The first-order valence-electron chi connectivity index (χ1n) is 7.49. The number of anilines is 1. The van der Waals surface area contributed by atoms with Gasteiger partial charge in [0.2, 0.25) is 0 Å². The van der Waals surface area contributed by atoms with Crippen molar-refractivity contribution in [1.29, 1.82) is 0 Å². The van der Waals surface area contributed by atoms with Crippen LogP contribution in [0.25, 0.3) is 0 Å². The first kappa shape index (κ1) is 13.4. The van der Waals surface area contributed by atoms with Gasteiger partial charge in [-0.2, -0.15) is 0 Å². The zero-order chi connectivity index (χ0) is 13.9. The van der Waals surface area contributed by atoms with Crippen LogP contribution in [0.3, 0.4) is 0 Å². The minimum atomic E-state index is 0.0806. The van der Waals surface area contributed by atoms with Gasteiger partial charge in [-0.3, -0.25) is 9.69 Å². The predicted molar refractivity (Wildman–Crippen MR) is 78.4 cm³/mol. The molecule has 108 valence electrons. The molecule has 0 aromatic carbocycles. The molecule has 2 aliphatic heterocycles. The van der Waals surface area contributed by atoms with Gasteiger partial charge in [0, 0.05) is 25.3 Å². The molecule has 5 heteroatoms. The quantitative estimate of drug-likeness (QED) is 0.884. The van der Waals surface area contributed by atoms with Crippen LogP contribution in [0.15, 0.2) is 18.3 Å². The molecular formula is C15H22N4O. The first-order chi connectivity index (χ1) is 9.74. The smallest absolute Gasteiger partial charge is 0.255 e. The van der Waals surface area contributed by atoms with E-state index in [4.69, 9.17) is 5.73 Å². The molecule has 20 heavy (non-hydrogen) atoms. The number of nitrogen functional groups attached to an aromatic ring is 1. The highest BCUT2D eigenvalue weighted by molar-refractivity contribution is 5.94. The van der Waals surface area contributed by atoms with Crippen LogP contribution in [-0.4, -0.2) is 52.9 Å². The average molecular weight is 274 g/mol. The van der Waals surface area contributed by atoms with Crippen LogP contribution in [0.4, 0.5) is 5.82 Å². The van der Waals surface area contributed by atoms with Crippen LogP contribution < -0.4 is 5.73 Å². The van der Waals surface area contributed by atoms with E-state index in [1.807, 2.05) is 4.90 Å². The van der Waals surface area contributed by atoms with Crippen molar-refractivity contribution < 1.29 is 4.79 Å². The Morgan fingerprint density at radius 1 is 1.20 bits per heavy atom. The first-order valence-corrected chi connectivity index (χ1v) is 7.49. The fourth-order valence-corrected chi connectivity index (χ4v) is 3.22. The molecule has 2 fully saturated rings. The van der Waals surface area contributed by atoms with Gasteiger partial charge in [-0.1, -0.05) is 6.42 Å². The Morgan fingerprint density at radius 3 is 2.70 bits per heavy atom. The molecule has 3 rings (SSSR count). The molecule has 1 aromatic heterocycles. The van der Waals surface area contributed by atoms with Crippen molar-refractivity contribution in [3.05, 3.63) is 23.9 Å². The van der Waals surface area contributed by atoms with Gasteiger partial charge in [0.1, 0.15) is 5.82 Å². The van der Waals surface area contributed by atoms with Crippen molar-refractivity contribution in [2.45, 2.75) is 31.7 Å². The zero-order valence-corrected chi connectivity index (χ0v) is 11.8. The third kappa shape index (κ3) is 2.77. The van der Waals surface area contributed by atoms with E-state index in [-0.39, 0.29) is 5.91 Å². The fourth-order valence-electron chi connectivity index (χ4n) is 3.22. The summed E-state index contributed by atoms with van der Waals surface area (Å²) in [4.78, 5) is 20.9. The van der Waals surface area contributed by atoms with E-state index in [0.29, 0.717) is 17.4 Å². The summed E-state index contributed by atoms with van der Waals surface area (Å²) < 4.78 is 0. The number of carbonyl (C=O) groups is 1. The van der Waals surface area contributed by atoms with Crippen molar-refractivity contribution >= 4 is 11.7 Å². The van der Waals surface area contributed by atoms with Gasteiger partial charge in [-0.15, -0.1) is 0 Å². The monoisotopic (exact) mass is 274 g/mol. The predicted octanol–water partition coefficient (Wildman–Crippen LogP) is 1.36. The Labute approximate surface area is 119 Å². The van der Waals surface area contributed by atoms with Gasteiger partial charge in [0.25, 0.3) is 5.91 Å². The van der Waals surface area contributed by atoms with Crippen molar-refractivity contribution in [2.75, 3.05) is 31.9 Å². The second kappa shape index (κ2) is 5.79. The van der Waals surface area contributed by atoms with Gasteiger partial charge in [0.05, 0.1) is 5.56 Å². The molecule has 2 N–H and O–H groups in total. The van der Waals surface area contributed by atoms with Crippen LogP contribution in [0, 0.1) is 0 Å². The lowest BCUT2D eigenvalue weighted by atomic mass is 10.1. The number of amides is 1. The van der Waals surface area contributed by atoms with Crippen LogP contribution in [-0.2, 0) is 0 Å². The van der Waals surface area contributed by atoms with Gasteiger partial charge in [-0.05, 0) is 44.5 Å². The van der Waals surface area contributed by atoms with Crippen LogP contribution in [0.1, 0.15) is 36.0 Å². The molecule has 1 amide bonds. The molecule has 5 nitrogen and oxygen atoms in total. The number of carbonyl (C=O) groups excluding carboxylic acids is 1. The van der Waals surface area contributed by atoms with Crippen LogP contribution in [0.5, 0.6) is 0 Å². The van der Waals surface area contributed by atoms with E-state index >= 15 is 0 Å². The van der Waals surface area contributed by atoms with Crippen LogP contribution >= 0.6 is 0 Å². The molecule has 0 saturated carbocycles. The number of piperidine rings is 1. The number of hydrogen-bond acceptors (Lipinski definition) is 4. The topological polar surface area (TPSA) is 62.5 Å². The molecule has 3 heterocycles. The Hall–Kier alpha value is -1.62. The highest BCUT2D eigenvalue weighted by atomic mass is 16.2. The molecule has 0 aliphatic carbocycles. The number of nitrogens with zero attached hydrogens (tertiary/aromatic N) is 3. The molecule has 2 aliphatic rings. The summed E-state index contributed by atoms with van der Waals surface area (Å²) in [6.07, 6.45) is 6.61. The normalized spacial score (nSPS) is 24.0. The molecule has 0 bridgehead atoms. The summed E-state index contributed by atoms with van der Waals surface area (Å²) >= 11 is 0. The average Bonchev–Trinajstić information content (AvgIpc) is 2.98. The number of likely N-dealkylation sites (tertiary alicyclic amines) is 2. The summed E-state index contributed by atoms with van der Waals surface area (Å²) in [7, 11) is 0. The lowest BCUT2D eigenvalue weighted by molar-refractivity contribution is 0.0771. The molecule has 1 atom stereocenters. The summed E-state index contributed by atoms with van der Waals surface area (Å²) in [6.45, 7) is 4.08. The van der Waals surface area contributed by atoms with Crippen molar-refractivity contribution in [2.24, 2.45) is 0 Å². The number of nitrogens with two attached hydrogens (primary N) is 1. The fraction of sp³-hybridized carbons (Fsp3) is 0.600. The molecule has 1 aromatic rings. The molecule has 2 saturated heterocycles. The highest BCUT2D eigenvalue weighted by Crippen LogP contribution is 2.21. The van der Waals surface area contributed by atoms with Crippen molar-refractivity contribution in [1.82, 2.24) is 14.8 Å². The summed E-state index contributed by atoms with van der Waals surface area (Å²) in [6, 6.07) is 3.99. The van der Waals surface area contributed by atoms with E-state index in [2.05, 4.69) is 9.88 Å². The summed E-state index contributed by atoms with van der Waals surface area (Å²) in [5, 5.41) is 0. The maximum absolute atomic E-state index is 12.4. The minimum absolute atomic E-state index is 0.0806. The van der Waals surface area contributed by atoms with Gasteiger partial charge >= 0.3 is 0 Å². The standard InChI is InChI=1S/C15H22N4O/c16-14-5-4-12(10-17-14)15(20)19-9-6-13(11-19)18-7-2-1-3-8-18/h4-5,10,13H,1-3,6-9,11H2,(H2,16,17)/t13-/m1/s1. The van der Waals surface area contributed by atoms with Crippen LogP contribution in [0.2, 0.25) is 0 Å². The summed E-state index contributed by atoms with van der Waals surface area (Å²) in [5.74, 6) is 0.533. The highest BCUT2D eigenvalue weighted by Gasteiger charge is 2.31. The van der Waals surface area contributed by atoms with Crippen molar-refractivity contribution in [3.8, 4) is 0 Å². The molecule has 0 spiro atoms. The van der Waals surface area contributed by atoms with E-state index < -0.39 is 0 Å². The largest absolute Gasteiger partial charge is 0.384 e.